The highest BCUT2D eigenvalue weighted by Crippen LogP contribution is 2.31. The van der Waals surface area contributed by atoms with Crippen molar-refractivity contribution in [2.24, 2.45) is 0 Å². The average molecular weight is 402 g/mol. The van der Waals surface area contributed by atoms with Crippen LogP contribution in [-0.2, 0) is 9.53 Å². The van der Waals surface area contributed by atoms with Gasteiger partial charge >= 0.3 is 0 Å². The predicted octanol–water partition coefficient (Wildman–Crippen LogP) is 3.73. The number of hydrogen-bond acceptors (Lipinski definition) is 6. The zero-order valence-corrected chi connectivity index (χ0v) is 17.5. The van der Waals surface area contributed by atoms with Crippen LogP contribution in [0.15, 0.2) is 35.9 Å². The summed E-state index contributed by atoms with van der Waals surface area (Å²) in [6, 6.07) is 7.95. The zero-order chi connectivity index (χ0) is 19.9. The molecule has 0 radical (unpaired) electrons. The molecule has 0 aliphatic carbocycles. The van der Waals surface area contributed by atoms with Crippen molar-refractivity contribution in [1.29, 1.82) is 0 Å². The molecule has 3 rings (SSSR count). The molecule has 0 bridgehead atoms. The first-order valence-electron chi connectivity index (χ1n) is 9.48. The summed E-state index contributed by atoms with van der Waals surface area (Å²) >= 11 is 1.48. The van der Waals surface area contributed by atoms with E-state index in [0.29, 0.717) is 11.7 Å². The van der Waals surface area contributed by atoms with Crippen LogP contribution in [0, 0.1) is 6.92 Å². The van der Waals surface area contributed by atoms with Crippen LogP contribution in [0.4, 0.5) is 5.13 Å². The van der Waals surface area contributed by atoms with Gasteiger partial charge in [-0.15, -0.1) is 11.3 Å². The number of allylic oxidation sites excluding steroid dienone is 1. The van der Waals surface area contributed by atoms with Gasteiger partial charge in [-0.3, -0.25) is 15.0 Å². The third-order valence-electron chi connectivity index (χ3n) is 4.35. The maximum Gasteiger partial charge on any atom is 0.250 e. The second kappa shape index (κ2) is 9.82. The lowest BCUT2D eigenvalue weighted by molar-refractivity contribution is -0.111. The Hall–Kier alpha value is -2.22. The number of carbonyl (C=O) groups is 1. The molecule has 150 valence electrons. The number of aryl methyl sites for hydroxylation is 1. The largest absolute Gasteiger partial charge is 0.492 e. The molecule has 1 saturated heterocycles. The van der Waals surface area contributed by atoms with Gasteiger partial charge in [0.05, 0.1) is 18.9 Å². The molecule has 0 spiro atoms. The molecule has 1 amide bonds. The number of ether oxygens (including phenoxy) is 2. The van der Waals surface area contributed by atoms with Crippen molar-refractivity contribution in [3.8, 4) is 17.0 Å². The average Bonchev–Trinajstić information content (AvgIpc) is 3.02. The van der Waals surface area contributed by atoms with Gasteiger partial charge in [0.15, 0.2) is 5.13 Å². The minimum Gasteiger partial charge on any atom is -0.492 e. The molecule has 7 heteroatoms. The van der Waals surface area contributed by atoms with Crippen LogP contribution in [0.25, 0.3) is 11.3 Å². The van der Waals surface area contributed by atoms with Gasteiger partial charge in [0.2, 0.25) is 5.91 Å². The Bertz CT molecular complexity index is 820. The van der Waals surface area contributed by atoms with Crippen LogP contribution in [0.5, 0.6) is 5.75 Å². The molecule has 2 aromatic rings. The summed E-state index contributed by atoms with van der Waals surface area (Å²) in [7, 11) is 0. The third-order valence-corrected chi connectivity index (χ3v) is 5.24. The topological polar surface area (TPSA) is 63.7 Å². The van der Waals surface area contributed by atoms with Crippen LogP contribution in [0.3, 0.4) is 0 Å². The molecule has 28 heavy (non-hydrogen) atoms. The number of hydrogen-bond donors (Lipinski definition) is 1. The summed E-state index contributed by atoms with van der Waals surface area (Å²) in [5.74, 6) is 0.700. The molecule has 0 unspecified atom stereocenters. The van der Waals surface area contributed by atoms with Gasteiger partial charge in [-0.25, -0.2) is 4.98 Å². The number of morpholine rings is 1. The Morgan fingerprint density at radius 3 is 2.68 bits per heavy atom. The zero-order valence-electron chi connectivity index (χ0n) is 16.7. The molecule has 1 aliphatic heterocycles. The number of aromatic nitrogens is 1. The molecule has 6 nitrogen and oxygen atoms in total. The van der Waals surface area contributed by atoms with Gasteiger partial charge in [0, 0.05) is 36.2 Å². The molecule has 1 aliphatic rings. The van der Waals surface area contributed by atoms with Gasteiger partial charge in [-0.2, -0.15) is 0 Å². The summed E-state index contributed by atoms with van der Waals surface area (Å²) in [4.78, 5) is 19.9. The minimum absolute atomic E-state index is 0.149. The molecule has 1 N–H and O–H groups in total. The van der Waals surface area contributed by atoms with Crippen molar-refractivity contribution in [3.05, 3.63) is 40.8 Å². The smallest absolute Gasteiger partial charge is 0.250 e. The number of carbonyl (C=O) groups excluding carboxylic acids is 1. The molecule has 1 aromatic heterocycles. The number of nitrogens with zero attached hydrogens (tertiary/aromatic N) is 2. The van der Waals surface area contributed by atoms with Crippen LogP contribution in [-0.4, -0.2) is 55.2 Å². The van der Waals surface area contributed by atoms with E-state index in [4.69, 9.17) is 9.47 Å². The normalized spacial score (nSPS) is 14.5. The lowest BCUT2D eigenvalue weighted by Gasteiger charge is -2.26. The molecular formula is C21H27N3O3S. The number of nitrogens with one attached hydrogen (secondary N) is 1. The fraction of sp³-hybridized carbons (Fsp3) is 0.429. The van der Waals surface area contributed by atoms with Gasteiger partial charge in [-0.1, -0.05) is 5.57 Å². The summed E-state index contributed by atoms with van der Waals surface area (Å²) in [5, 5.41) is 3.44. The second-order valence-electron chi connectivity index (χ2n) is 6.96. The van der Waals surface area contributed by atoms with Crippen molar-refractivity contribution in [2.45, 2.75) is 20.8 Å². The summed E-state index contributed by atoms with van der Waals surface area (Å²) in [5.41, 5.74) is 2.85. The van der Waals surface area contributed by atoms with E-state index in [1.165, 1.54) is 11.3 Å². The molecule has 0 saturated carbocycles. The fourth-order valence-electron chi connectivity index (χ4n) is 2.95. The second-order valence-corrected chi connectivity index (χ2v) is 8.16. The third kappa shape index (κ3) is 5.89. The molecule has 1 aromatic carbocycles. The van der Waals surface area contributed by atoms with E-state index >= 15 is 0 Å². The maximum absolute atomic E-state index is 11.9. The van der Waals surface area contributed by atoms with Gasteiger partial charge in [-0.05, 0) is 45.0 Å². The van der Waals surface area contributed by atoms with Crippen molar-refractivity contribution in [2.75, 3.05) is 44.8 Å². The lowest BCUT2D eigenvalue weighted by atomic mass is 10.1. The Labute approximate surface area is 170 Å². The van der Waals surface area contributed by atoms with E-state index in [2.05, 4.69) is 15.2 Å². The van der Waals surface area contributed by atoms with Crippen LogP contribution in [0.2, 0.25) is 0 Å². The number of thiazole rings is 1. The van der Waals surface area contributed by atoms with Crippen LogP contribution in [0.1, 0.15) is 18.7 Å². The van der Waals surface area contributed by atoms with E-state index in [0.717, 1.165) is 60.3 Å². The van der Waals surface area contributed by atoms with E-state index in [1.54, 1.807) is 6.08 Å². The van der Waals surface area contributed by atoms with Gasteiger partial charge in [0.25, 0.3) is 0 Å². The Morgan fingerprint density at radius 2 is 2.00 bits per heavy atom. The van der Waals surface area contributed by atoms with Crippen molar-refractivity contribution < 1.29 is 14.3 Å². The Balaban J connectivity index is 1.57. The van der Waals surface area contributed by atoms with E-state index in [9.17, 15) is 4.79 Å². The first-order valence-corrected chi connectivity index (χ1v) is 10.3. The first-order chi connectivity index (χ1) is 13.5. The van der Waals surface area contributed by atoms with E-state index < -0.39 is 0 Å². The Morgan fingerprint density at radius 1 is 1.29 bits per heavy atom. The van der Waals surface area contributed by atoms with Crippen molar-refractivity contribution in [1.82, 2.24) is 9.88 Å². The van der Waals surface area contributed by atoms with Crippen molar-refractivity contribution in [3.63, 3.8) is 0 Å². The molecule has 1 fully saturated rings. The standard InChI is InChI=1S/C21H27N3O3S/c1-15(2)14-19(25)22-21-23-20(16(3)28-21)17-4-6-18(7-5-17)27-13-10-24-8-11-26-12-9-24/h4-7,14H,8-13H2,1-3H3,(H,22,23,25). The molecular weight excluding hydrogens is 374 g/mol. The van der Waals surface area contributed by atoms with Gasteiger partial charge in [0.1, 0.15) is 12.4 Å². The first kappa shape index (κ1) is 20.5. The number of rotatable bonds is 7. The lowest BCUT2D eigenvalue weighted by Crippen LogP contribution is -2.38. The van der Waals surface area contributed by atoms with Crippen molar-refractivity contribution >= 4 is 22.4 Å². The summed E-state index contributed by atoms with van der Waals surface area (Å²) < 4.78 is 11.2. The highest BCUT2D eigenvalue weighted by Gasteiger charge is 2.12. The van der Waals surface area contributed by atoms with Crippen LogP contribution >= 0.6 is 11.3 Å². The maximum atomic E-state index is 11.9. The Kier molecular flexibility index (Phi) is 7.19. The molecule has 2 heterocycles. The predicted molar refractivity (Wildman–Crippen MR) is 113 cm³/mol. The molecule has 0 atom stereocenters. The monoisotopic (exact) mass is 401 g/mol. The van der Waals surface area contributed by atoms with E-state index in [-0.39, 0.29) is 5.91 Å². The van der Waals surface area contributed by atoms with E-state index in [1.807, 2.05) is 45.0 Å². The number of amides is 1. The van der Waals surface area contributed by atoms with Crippen LogP contribution < -0.4 is 10.1 Å². The summed E-state index contributed by atoms with van der Waals surface area (Å²) in [6.07, 6.45) is 1.57. The SMILES string of the molecule is CC(C)=CC(=O)Nc1nc(-c2ccc(OCCN3CCOCC3)cc2)c(C)s1. The fourth-order valence-corrected chi connectivity index (χ4v) is 3.79. The van der Waals surface area contributed by atoms with Gasteiger partial charge < -0.3 is 9.47 Å². The highest BCUT2D eigenvalue weighted by molar-refractivity contribution is 7.16. The highest BCUT2D eigenvalue weighted by atomic mass is 32.1. The minimum atomic E-state index is -0.149. The number of benzene rings is 1. The number of anilines is 1. The quantitative estimate of drug-likeness (QED) is 0.716. The summed E-state index contributed by atoms with van der Waals surface area (Å²) in [6.45, 7) is 10.9.